The van der Waals surface area contributed by atoms with Crippen LogP contribution in [0.2, 0.25) is 0 Å². The number of amides is 1. The van der Waals surface area contributed by atoms with Crippen LogP contribution in [-0.2, 0) is 18.4 Å². The second-order valence-corrected chi connectivity index (χ2v) is 26.3. The van der Waals surface area contributed by atoms with Crippen LogP contribution in [0.5, 0.6) is 0 Å². The highest BCUT2D eigenvalue weighted by atomic mass is 31.2. The zero-order chi connectivity index (χ0) is 61.9. The Bertz CT molecular complexity index is 1800. The van der Waals surface area contributed by atoms with Crippen LogP contribution in [-0.4, -0.2) is 73.4 Å². The monoisotopic (exact) mass is 1200 g/mol. The molecule has 8 nitrogen and oxygen atoms in total. The number of rotatable bonds is 64. The van der Waals surface area contributed by atoms with Gasteiger partial charge in [-0.1, -0.05) is 315 Å². The molecule has 0 aromatic heterocycles. The number of nitrogens with zero attached hydrogens (tertiary/aromatic N) is 1. The van der Waals surface area contributed by atoms with E-state index in [1.54, 1.807) is 6.08 Å². The van der Waals surface area contributed by atoms with Crippen molar-refractivity contribution in [1.82, 2.24) is 5.32 Å². The average Bonchev–Trinajstić information content (AvgIpc) is 3.49. The lowest BCUT2D eigenvalue weighted by Gasteiger charge is -2.25. The zero-order valence-electron chi connectivity index (χ0n) is 56.1. The molecule has 1 amide bonds. The second kappa shape index (κ2) is 65.3. The van der Waals surface area contributed by atoms with E-state index < -0.39 is 20.0 Å². The van der Waals surface area contributed by atoms with Crippen molar-refractivity contribution in [2.24, 2.45) is 0 Å². The van der Waals surface area contributed by atoms with Gasteiger partial charge in [0.2, 0.25) is 5.91 Å². The molecule has 85 heavy (non-hydrogen) atoms. The van der Waals surface area contributed by atoms with E-state index in [0.717, 1.165) is 89.9 Å². The number of likely N-dealkylation sites (N-methyl/N-ethyl adjacent to an activating group) is 1. The summed E-state index contributed by atoms with van der Waals surface area (Å²) in [5, 5.41) is 14.0. The Morgan fingerprint density at radius 1 is 0.412 bits per heavy atom. The third-order valence-electron chi connectivity index (χ3n) is 15.4. The molecule has 0 aromatic rings. The van der Waals surface area contributed by atoms with E-state index in [4.69, 9.17) is 9.05 Å². The first-order valence-electron chi connectivity index (χ1n) is 35.4. The molecule has 0 aliphatic carbocycles. The van der Waals surface area contributed by atoms with Gasteiger partial charge in [-0.15, -0.1) is 0 Å². The number of unbranched alkanes of at least 4 members (excludes halogenated alkanes) is 33. The number of hydrogen-bond acceptors (Lipinski definition) is 5. The molecule has 0 radical (unpaired) electrons. The van der Waals surface area contributed by atoms with Crippen LogP contribution < -0.4 is 5.32 Å². The third kappa shape index (κ3) is 68.3. The molecule has 0 heterocycles. The molecule has 0 aliphatic heterocycles. The zero-order valence-corrected chi connectivity index (χ0v) is 57.0. The molecule has 0 aromatic carbocycles. The van der Waals surface area contributed by atoms with Crippen LogP contribution in [0, 0.1) is 0 Å². The van der Waals surface area contributed by atoms with Crippen LogP contribution in [0.25, 0.3) is 0 Å². The number of hydrogen-bond donors (Lipinski definition) is 3. The maximum absolute atomic E-state index is 13.1. The Kier molecular flexibility index (Phi) is 63.0. The second-order valence-electron chi connectivity index (χ2n) is 24.9. The van der Waals surface area contributed by atoms with Crippen molar-refractivity contribution in [3.63, 3.8) is 0 Å². The highest BCUT2D eigenvalue weighted by Crippen LogP contribution is 2.43. The number of phosphoric ester groups is 1. The van der Waals surface area contributed by atoms with E-state index in [2.05, 4.69) is 129 Å². The van der Waals surface area contributed by atoms with Gasteiger partial charge in [0.15, 0.2) is 0 Å². The van der Waals surface area contributed by atoms with Gasteiger partial charge >= 0.3 is 7.82 Å². The molecular formula is C76H136N2O6P+. The lowest BCUT2D eigenvalue weighted by molar-refractivity contribution is -0.870. The minimum absolute atomic E-state index is 0.0494. The fourth-order valence-corrected chi connectivity index (χ4v) is 10.7. The van der Waals surface area contributed by atoms with Crippen LogP contribution in [0.4, 0.5) is 0 Å². The van der Waals surface area contributed by atoms with E-state index in [1.165, 1.54) is 193 Å². The summed E-state index contributed by atoms with van der Waals surface area (Å²) in [5.74, 6) is -0.192. The molecule has 0 spiro atoms. The van der Waals surface area contributed by atoms with Gasteiger partial charge in [-0.3, -0.25) is 13.8 Å². The van der Waals surface area contributed by atoms with Crippen molar-refractivity contribution < 1.29 is 32.9 Å². The van der Waals surface area contributed by atoms with Crippen molar-refractivity contribution >= 4 is 13.7 Å². The first-order valence-corrected chi connectivity index (χ1v) is 36.9. The molecule has 3 N–H and O–H groups in total. The van der Waals surface area contributed by atoms with Gasteiger partial charge in [0.25, 0.3) is 0 Å². The minimum atomic E-state index is -4.37. The molecule has 0 rings (SSSR count). The fraction of sp³-hybridized carbons (Fsp3) is 0.724. The van der Waals surface area contributed by atoms with Crippen LogP contribution in [0.1, 0.15) is 303 Å². The molecule has 0 fully saturated rings. The minimum Gasteiger partial charge on any atom is -0.387 e. The average molecular weight is 1200 g/mol. The summed E-state index contributed by atoms with van der Waals surface area (Å²) in [4.78, 5) is 23.4. The summed E-state index contributed by atoms with van der Waals surface area (Å²) in [6.45, 7) is 4.69. The SMILES string of the molecule is CC/C=C\C/C=C\C/C=C\C/C=C\C/C=C\C/C=C\C/C=C\CCCCCCCCCCCCCCCCCC(=O)NC(COP(=O)(O)OCC[N+](C)(C)C)C(O)/C=C/CC/C=C/CC/C=C/CCCCCCCCCCCCCCCCCC. The normalized spacial score (nSPS) is 14.4. The number of carbonyl (C=O) groups is 1. The van der Waals surface area contributed by atoms with Crippen molar-refractivity contribution in [2.75, 3.05) is 40.9 Å². The number of quaternary nitrogens is 1. The molecule has 3 unspecified atom stereocenters. The number of aliphatic hydroxyl groups excluding tert-OH is 1. The lowest BCUT2D eigenvalue weighted by Crippen LogP contribution is -2.45. The van der Waals surface area contributed by atoms with Crippen LogP contribution in [0.15, 0.2) is 122 Å². The first kappa shape index (κ1) is 81.9. The number of carbonyl (C=O) groups excluding carboxylic acids is 1. The lowest BCUT2D eigenvalue weighted by atomic mass is 10.0. The van der Waals surface area contributed by atoms with E-state index in [9.17, 15) is 19.4 Å². The van der Waals surface area contributed by atoms with Gasteiger partial charge in [-0.25, -0.2) is 4.57 Å². The number of aliphatic hydroxyl groups is 1. The maximum atomic E-state index is 13.1. The Balaban J connectivity index is 4.13. The summed E-state index contributed by atoms with van der Waals surface area (Å²) in [7, 11) is 1.54. The predicted octanol–water partition coefficient (Wildman–Crippen LogP) is 22.8. The van der Waals surface area contributed by atoms with Crippen molar-refractivity contribution in [1.29, 1.82) is 0 Å². The van der Waals surface area contributed by atoms with Crippen LogP contribution in [0.3, 0.4) is 0 Å². The number of phosphoric acid groups is 1. The summed E-state index contributed by atoms with van der Waals surface area (Å²) in [5.41, 5.74) is 0. The molecule has 3 atom stereocenters. The third-order valence-corrected chi connectivity index (χ3v) is 16.4. The number of allylic oxidation sites excluding steroid dienone is 19. The summed E-state index contributed by atoms with van der Waals surface area (Å²) in [6, 6.07) is -0.878. The fourth-order valence-electron chi connectivity index (χ4n) is 9.94. The first-order chi connectivity index (χ1) is 41.5. The Morgan fingerprint density at radius 2 is 0.718 bits per heavy atom. The molecule has 0 aliphatic rings. The van der Waals surface area contributed by atoms with Crippen molar-refractivity contribution in [2.45, 2.75) is 315 Å². The smallest absolute Gasteiger partial charge is 0.387 e. The summed E-state index contributed by atoms with van der Waals surface area (Å²) >= 11 is 0. The largest absolute Gasteiger partial charge is 0.472 e. The molecular weight excluding hydrogens is 1070 g/mol. The molecule has 9 heteroatoms. The van der Waals surface area contributed by atoms with Gasteiger partial charge in [0.05, 0.1) is 39.9 Å². The van der Waals surface area contributed by atoms with Gasteiger partial charge in [0, 0.05) is 6.42 Å². The van der Waals surface area contributed by atoms with Gasteiger partial charge < -0.3 is 19.8 Å². The standard InChI is InChI=1S/C76H135N2O6P/c1-6-8-10-12-14-16-18-20-22-24-26-28-30-32-34-35-36-37-38-39-40-41-42-43-44-46-48-50-52-54-56-58-60-62-64-66-68-70-76(80)77-74(73-84-85(81,82)83-72-71-78(3,4)5)75(79)69-67-65-63-61-59-57-55-53-51-49-47-45-33-31-29-27-25-23-21-19-17-15-13-11-9-7-2/h8,10,14,16,20,22,26,28,32,34,36-37,39-40,51,53,59,61,67,69,74-75,79H,6-7,9,11-13,15,17-19,21,23-25,27,29-31,33,35,38,41-50,52,54-58,60,62-66,68,70-73H2,1-5H3,(H-,77,80,81,82)/p+1/b10-8-,16-14-,22-20-,28-26-,34-32-,37-36-,40-39-,53-51+,61-59+,69-67+. The maximum Gasteiger partial charge on any atom is 0.472 e. The van der Waals surface area contributed by atoms with Crippen LogP contribution >= 0.6 is 7.82 Å². The number of nitrogens with one attached hydrogen (secondary N) is 1. The van der Waals surface area contributed by atoms with Crippen molar-refractivity contribution in [3.8, 4) is 0 Å². The van der Waals surface area contributed by atoms with Gasteiger partial charge in [-0.05, 0) is 103 Å². The molecule has 0 saturated heterocycles. The molecule has 0 saturated carbocycles. The van der Waals surface area contributed by atoms with Gasteiger partial charge in [-0.2, -0.15) is 0 Å². The highest BCUT2D eigenvalue weighted by Gasteiger charge is 2.28. The van der Waals surface area contributed by atoms with Crippen molar-refractivity contribution in [3.05, 3.63) is 122 Å². The topological polar surface area (TPSA) is 105 Å². The van der Waals surface area contributed by atoms with Gasteiger partial charge in [0.1, 0.15) is 13.2 Å². The summed E-state index contributed by atoms with van der Waals surface area (Å²) < 4.78 is 23.8. The molecule has 490 valence electrons. The Hall–Kier alpha value is -3.10. The van der Waals surface area contributed by atoms with E-state index in [-0.39, 0.29) is 19.1 Å². The Labute approximate surface area is 526 Å². The summed E-state index contributed by atoms with van der Waals surface area (Å²) in [6.07, 6.45) is 97.8. The quantitative estimate of drug-likeness (QED) is 0.0243. The van der Waals surface area contributed by atoms with E-state index in [0.29, 0.717) is 17.4 Å². The van der Waals surface area contributed by atoms with E-state index in [1.807, 2.05) is 27.2 Å². The van der Waals surface area contributed by atoms with E-state index >= 15 is 0 Å². The molecule has 0 bridgehead atoms. The Morgan fingerprint density at radius 3 is 1.08 bits per heavy atom. The predicted molar refractivity (Wildman–Crippen MR) is 373 cm³/mol. The highest BCUT2D eigenvalue weighted by molar-refractivity contribution is 7.47.